The molecule has 1 heteroatoms. The van der Waals surface area contributed by atoms with Gasteiger partial charge in [-0.05, 0) is 32.4 Å². The molecule has 0 aromatic heterocycles. The second-order valence-corrected chi connectivity index (χ2v) is 3.04. The minimum absolute atomic E-state index is 0.899. The van der Waals surface area contributed by atoms with Crippen molar-refractivity contribution in [2.75, 3.05) is 6.54 Å². The molecule has 1 nitrogen and oxygen atoms in total. The molecule has 0 bridgehead atoms. The predicted molar refractivity (Wildman–Crippen MR) is 64.9 cm³/mol. The van der Waals surface area contributed by atoms with Gasteiger partial charge in [0.2, 0.25) is 0 Å². The molecule has 0 fully saturated rings. The van der Waals surface area contributed by atoms with Gasteiger partial charge in [-0.3, -0.25) is 0 Å². The summed E-state index contributed by atoms with van der Waals surface area (Å²) in [4.78, 5) is 2.09. The molecule has 0 aliphatic carbocycles. The molecule has 0 aromatic carbocycles. The first-order valence-electron chi connectivity index (χ1n) is 5.11. The Bertz CT molecular complexity index is 246. The lowest BCUT2D eigenvalue weighted by Gasteiger charge is -2.23. The fourth-order valence-electron chi connectivity index (χ4n) is 1.22. The molecule has 0 aliphatic rings. The van der Waals surface area contributed by atoms with Gasteiger partial charge in [-0.1, -0.05) is 32.2 Å². The van der Waals surface area contributed by atoms with Crippen LogP contribution in [0.25, 0.3) is 0 Å². The molecule has 0 aliphatic heterocycles. The van der Waals surface area contributed by atoms with E-state index >= 15 is 0 Å². The summed E-state index contributed by atoms with van der Waals surface area (Å²) in [6.45, 7) is 15.1. The predicted octanol–water partition coefficient (Wildman–Crippen LogP) is 3.88. The summed E-state index contributed by atoms with van der Waals surface area (Å²) in [5, 5.41) is 0. The van der Waals surface area contributed by atoms with Crippen LogP contribution in [0.1, 0.15) is 27.2 Å². The molecule has 0 heterocycles. The van der Waals surface area contributed by atoms with Crippen LogP contribution in [0.15, 0.2) is 48.9 Å². The summed E-state index contributed by atoms with van der Waals surface area (Å²) in [7, 11) is 0. The summed E-state index contributed by atoms with van der Waals surface area (Å²) in [6.07, 6.45) is 9.16. The molecular weight excluding hydrogens is 170 g/mol. The fraction of sp³-hybridized carbons (Fsp3) is 0.385. The topological polar surface area (TPSA) is 3.24 Å². The van der Waals surface area contributed by atoms with Crippen LogP contribution in [0.2, 0.25) is 0 Å². The molecule has 0 radical (unpaired) electrons. The summed E-state index contributed by atoms with van der Waals surface area (Å²) in [5.74, 6) is 0. The lowest BCUT2D eigenvalue weighted by atomic mass is 10.3. The highest BCUT2D eigenvalue weighted by molar-refractivity contribution is 5.24. The Morgan fingerprint density at radius 3 is 2.14 bits per heavy atom. The zero-order chi connectivity index (χ0) is 11.0. The number of hydrogen-bond donors (Lipinski definition) is 0. The van der Waals surface area contributed by atoms with E-state index in [4.69, 9.17) is 0 Å². The van der Waals surface area contributed by atoms with Crippen molar-refractivity contribution in [3.8, 4) is 0 Å². The lowest BCUT2D eigenvalue weighted by molar-refractivity contribution is 0.482. The molecule has 0 saturated heterocycles. The SMILES string of the molecule is C=C(/C=C\C)N(CC)C(=C)/C=C\CC. The molecule has 0 atom stereocenters. The van der Waals surface area contributed by atoms with Gasteiger partial charge in [0.05, 0.1) is 0 Å². The van der Waals surface area contributed by atoms with Crippen LogP contribution in [-0.4, -0.2) is 11.4 Å². The summed E-state index contributed by atoms with van der Waals surface area (Å²) >= 11 is 0. The third kappa shape index (κ3) is 4.13. The van der Waals surface area contributed by atoms with Crippen molar-refractivity contribution in [2.24, 2.45) is 0 Å². The van der Waals surface area contributed by atoms with Crippen LogP contribution in [0.5, 0.6) is 0 Å². The van der Waals surface area contributed by atoms with E-state index in [1.165, 1.54) is 0 Å². The van der Waals surface area contributed by atoms with Crippen molar-refractivity contribution in [1.29, 1.82) is 0 Å². The van der Waals surface area contributed by atoms with Gasteiger partial charge in [-0.25, -0.2) is 0 Å². The largest absolute Gasteiger partial charge is 0.343 e. The van der Waals surface area contributed by atoms with Crippen molar-refractivity contribution >= 4 is 0 Å². The first-order chi connectivity index (χ1) is 6.67. The molecule has 0 aromatic rings. The van der Waals surface area contributed by atoms with Crippen molar-refractivity contribution in [3.63, 3.8) is 0 Å². The van der Waals surface area contributed by atoms with Gasteiger partial charge in [0.25, 0.3) is 0 Å². The van der Waals surface area contributed by atoms with Crippen LogP contribution < -0.4 is 0 Å². The smallest absolute Gasteiger partial charge is 0.0334 e. The van der Waals surface area contributed by atoms with Gasteiger partial charge in [0.15, 0.2) is 0 Å². The highest BCUT2D eigenvalue weighted by atomic mass is 15.1. The normalized spacial score (nSPS) is 11.1. The maximum absolute atomic E-state index is 4.01. The van der Waals surface area contributed by atoms with Crippen LogP contribution in [0, 0.1) is 0 Å². The van der Waals surface area contributed by atoms with E-state index in [9.17, 15) is 0 Å². The van der Waals surface area contributed by atoms with Crippen molar-refractivity contribution in [3.05, 3.63) is 48.9 Å². The number of rotatable bonds is 6. The highest BCUT2D eigenvalue weighted by Gasteiger charge is 2.03. The Labute approximate surface area is 88.1 Å². The second-order valence-electron chi connectivity index (χ2n) is 3.04. The Balaban J connectivity index is 4.47. The zero-order valence-electron chi connectivity index (χ0n) is 9.59. The van der Waals surface area contributed by atoms with Crippen LogP contribution in [0.4, 0.5) is 0 Å². The van der Waals surface area contributed by atoms with Gasteiger partial charge in [0, 0.05) is 17.9 Å². The van der Waals surface area contributed by atoms with Crippen molar-refractivity contribution < 1.29 is 0 Å². The standard InChI is InChI=1S/C13H21N/c1-6-9-11-13(5)14(8-3)12(4)10-7-2/h7,9-11H,4-6,8H2,1-3H3/b10-7-,11-9-. The summed E-state index contributed by atoms with van der Waals surface area (Å²) < 4.78 is 0. The van der Waals surface area contributed by atoms with Crippen LogP contribution in [-0.2, 0) is 0 Å². The molecule has 14 heavy (non-hydrogen) atoms. The van der Waals surface area contributed by atoms with Crippen molar-refractivity contribution in [2.45, 2.75) is 27.2 Å². The number of likely N-dealkylation sites (N-methyl/N-ethyl adjacent to an activating group) is 1. The first kappa shape index (κ1) is 12.8. The first-order valence-corrected chi connectivity index (χ1v) is 5.11. The van der Waals surface area contributed by atoms with E-state index in [0.29, 0.717) is 0 Å². The number of hydrogen-bond acceptors (Lipinski definition) is 1. The monoisotopic (exact) mass is 191 g/mol. The highest BCUT2D eigenvalue weighted by Crippen LogP contribution is 2.12. The quantitative estimate of drug-likeness (QED) is 0.576. The number of nitrogens with zero attached hydrogens (tertiary/aromatic N) is 1. The van der Waals surface area contributed by atoms with Gasteiger partial charge in [-0.15, -0.1) is 0 Å². The van der Waals surface area contributed by atoms with E-state index in [1.54, 1.807) is 0 Å². The molecule has 0 rings (SSSR count). The van der Waals surface area contributed by atoms with Crippen molar-refractivity contribution in [1.82, 2.24) is 4.90 Å². The average Bonchev–Trinajstić information content (AvgIpc) is 2.16. The second kappa shape index (κ2) is 7.19. The Morgan fingerprint density at radius 2 is 1.71 bits per heavy atom. The molecular formula is C13H21N. The Kier molecular flexibility index (Phi) is 6.55. The molecule has 78 valence electrons. The van der Waals surface area contributed by atoms with E-state index in [0.717, 1.165) is 24.4 Å². The number of allylic oxidation sites excluding steroid dienone is 4. The van der Waals surface area contributed by atoms with Crippen LogP contribution in [0.3, 0.4) is 0 Å². The molecule has 0 N–H and O–H groups in total. The van der Waals surface area contributed by atoms with E-state index in [-0.39, 0.29) is 0 Å². The van der Waals surface area contributed by atoms with Gasteiger partial charge < -0.3 is 4.90 Å². The van der Waals surface area contributed by atoms with E-state index in [1.807, 2.05) is 25.2 Å². The van der Waals surface area contributed by atoms with Gasteiger partial charge in [0.1, 0.15) is 0 Å². The Hall–Kier alpha value is -1.24. The average molecular weight is 191 g/mol. The minimum Gasteiger partial charge on any atom is -0.343 e. The maximum atomic E-state index is 4.01. The molecule has 0 spiro atoms. The summed E-state index contributed by atoms with van der Waals surface area (Å²) in [5.41, 5.74) is 1.98. The fourth-order valence-corrected chi connectivity index (χ4v) is 1.22. The molecule has 0 amide bonds. The van der Waals surface area contributed by atoms with E-state index < -0.39 is 0 Å². The van der Waals surface area contributed by atoms with Crippen LogP contribution >= 0.6 is 0 Å². The third-order valence-electron chi connectivity index (χ3n) is 1.91. The third-order valence-corrected chi connectivity index (χ3v) is 1.91. The van der Waals surface area contributed by atoms with Gasteiger partial charge >= 0.3 is 0 Å². The van der Waals surface area contributed by atoms with E-state index in [2.05, 4.69) is 38.0 Å². The minimum atomic E-state index is 0.899. The zero-order valence-corrected chi connectivity index (χ0v) is 9.59. The molecule has 0 unspecified atom stereocenters. The maximum Gasteiger partial charge on any atom is 0.0334 e. The van der Waals surface area contributed by atoms with Gasteiger partial charge in [-0.2, -0.15) is 0 Å². The molecule has 0 saturated carbocycles. The summed E-state index contributed by atoms with van der Waals surface area (Å²) in [6, 6.07) is 0. The Morgan fingerprint density at radius 1 is 1.14 bits per heavy atom. The lowest BCUT2D eigenvalue weighted by Crippen LogP contribution is -2.18.